The zero-order chi connectivity index (χ0) is 12.3. The minimum atomic E-state index is 0.669. The van der Waals surface area contributed by atoms with E-state index in [9.17, 15) is 0 Å². The molecule has 2 rings (SSSR count). The monoisotopic (exact) mass is 294 g/mol. The van der Waals surface area contributed by atoms with Gasteiger partial charge in [0.1, 0.15) is 5.75 Å². The molecule has 0 amide bonds. The molecular weight excluding hydrogens is 280 g/mol. The number of nitrogens with one attached hydrogen (secondary N) is 1. The number of hydrogen-bond donors (Lipinski definition) is 1. The largest absolute Gasteiger partial charge is 0.493 e. The maximum Gasteiger partial charge on any atom is 0.119 e. The van der Waals surface area contributed by atoms with Gasteiger partial charge in [0.15, 0.2) is 0 Å². The molecule has 0 aliphatic carbocycles. The maximum atomic E-state index is 5.68. The third kappa shape index (κ3) is 3.09. The van der Waals surface area contributed by atoms with Crippen LogP contribution in [0.1, 0.15) is 17.0 Å². The first kappa shape index (κ1) is 12.2. The van der Waals surface area contributed by atoms with Gasteiger partial charge in [0, 0.05) is 16.6 Å². The Bertz CT molecular complexity index is 471. The molecule has 1 aromatic heterocycles. The zero-order valence-corrected chi connectivity index (χ0v) is 11.5. The SMILES string of the molecule is Cc1n[nH]c(C)c1CCOc1ccc(Br)cc1. The number of nitrogens with zero attached hydrogens (tertiary/aromatic N) is 1. The van der Waals surface area contributed by atoms with E-state index in [1.807, 2.05) is 38.1 Å². The standard InChI is InChI=1S/C13H15BrN2O/c1-9-13(10(2)16-15-9)7-8-17-12-5-3-11(14)4-6-12/h3-6H,7-8H2,1-2H3,(H,15,16). The molecule has 0 bridgehead atoms. The molecule has 0 aliphatic heterocycles. The molecule has 1 N–H and O–H groups in total. The van der Waals surface area contributed by atoms with Crippen LogP contribution in [0, 0.1) is 13.8 Å². The number of H-pyrrole nitrogens is 1. The van der Waals surface area contributed by atoms with Gasteiger partial charge in [-0.2, -0.15) is 5.10 Å². The molecule has 0 spiro atoms. The molecule has 0 radical (unpaired) electrons. The first-order valence-corrected chi connectivity index (χ1v) is 6.35. The summed E-state index contributed by atoms with van der Waals surface area (Å²) in [6, 6.07) is 7.87. The van der Waals surface area contributed by atoms with Crippen molar-refractivity contribution in [2.45, 2.75) is 20.3 Å². The van der Waals surface area contributed by atoms with Gasteiger partial charge in [0.25, 0.3) is 0 Å². The number of ether oxygens (including phenoxy) is 1. The molecule has 1 aromatic carbocycles. The van der Waals surface area contributed by atoms with Gasteiger partial charge >= 0.3 is 0 Å². The molecule has 4 heteroatoms. The Kier molecular flexibility index (Phi) is 3.84. The van der Waals surface area contributed by atoms with Crippen molar-refractivity contribution in [1.82, 2.24) is 10.2 Å². The molecule has 17 heavy (non-hydrogen) atoms. The lowest BCUT2D eigenvalue weighted by Gasteiger charge is -2.06. The summed E-state index contributed by atoms with van der Waals surface area (Å²) in [5.74, 6) is 0.895. The molecule has 1 heterocycles. The maximum absolute atomic E-state index is 5.68. The molecule has 0 saturated heterocycles. The molecule has 90 valence electrons. The van der Waals surface area contributed by atoms with E-state index in [1.165, 1.54) is 5.56 Å². The summed E-state index contributed by atoms with van der Waals surface area (Å²) in [5.41, 5.74) is 3.44. The third-order valence-corrected chi connectivity index (χ3v) is 3.24. The topological polar surface area (TPSA) is 37.9 Å². The molecule has 0 saturated carbocycles. The van der Waals surface area contributed by atoms with Crippen LogP contribution in [0.2, 0.25) is 0 Å². The number of halogens is 1. The summed E-state index contributed by atoms with van der Waals surface area (Å²) in [4.78, 5) is 0. The molecule has 3 nitrogen and oxygen atoms in total. The zero-order valence-electron chi connectivity index (χ0n) is 9.96. The average molecular weight is 295 g/mol. The van der Waals surface area contributed by atoms with Gasteiger partial charge in [-0.3, -0.25) is 5.10 Å². The fraction of sp³-hybridized carbons (Fsp3) is 0.308. The van der Waals surface area contributed by atoms with E-state index >= 15 is 0 Å². The Hall–Kier alpha value is -1.29. The van der Waals surface area contributed by atoms with Crippen molar-refractivity contribution in [3.05, 3.63) is 45.7 Å². The van der Waals surface area contributed by atoms with E-state index in [2.05, 4.69) is 26.1 Å². The third-order valence-electron chi connectivity index (χ3n) is 2.72. The lowest BCUT2D eigenvalue weighted by Crippen LogP contribution is -2.02. The van der Waals surface area contributed by atoms with Crippen LogP contribution in [0.25, 0.3) is 0 Å². The normalized spacial score (nSPS) is 10.5. The van der Waals surface area contributed by atoms with Crippen LogP contribution in [0.5, 0.6) is 5.75 Å². The van der Waals surface area contributed by atoms with Crippen LogP contribution in [0.15, 0.2) is 28.7 Å². The number of aromatic amines is 1. The van der Waals surface area contributed by atoms with Crippen LogP contribution in [0.4, 0.5) is 0 Å². The second kappa shape index (κ2) is 5.36. The Labute approximate surface area is 109 Å². The highest BCUT2D eigenvalue weighted by Gasteiger charge is 2.05. The molecule has 0 aliphatic rings. The predicted octanol–water partition coefficient (Wildman–Crippen LogP) is 3.41. The van der Waals surface area contributed by atoms with Crippen molar-refractivity contribution >= 4 is 15.9 Å². The number of benzene rings is 1. The fourth-order valence-corrected chi connectivity index (χ4v) is 2.01. The van der Waals surface area contributed by atoms with Crippen LogP contribution >= 0.6 is 15.9 Å². The number of rotatable bonds is 4. The highest BCUT2D eigenvalue weighted by Crippen LogP contribution is 2.17. The van der Waals surface area contributed by atoms with Crippen LogP contribution in [-0.4, -0.2) is 16.8 Å². The highest BCUT2D eigenvalue weighted by atomic mass is 79.9. The number of aromatic nitrogens is 2. The van der Waals surface area contributed by atoms with Crippen LogP contribution < -0.4 is 4.74 Å². The number of hydrogen-bond acceptors (Lipinski definition) is 2. The predicted molar refractivity (Wildman–Crippen MR) is 71.4 cm³/mol. The fourth-order valence-electron chi connectivity index (χ4n) is 1.74. The highest BCUT2D eigenvalue weighted by molar-refractivity contribution is 9.10. The number of aryl methyl sites for hydroxylation is 2. The second-order valence-corrected chi connectivity index (χ2v) is 4.88. The van der Waals surface area contributed by atoms with Crippen molar-refractivity contribution in [3.8, 4) is 5.75 Å². The van der Waals surface area contributed by atoms with E-state index in [-0.39, 0.29) is 0 Å². The van der Waals surface area contributed by atoms with Crippen molar-refractivity contribution < 1.29 is 4.74 Å². The summed E-state index contributed by atoms with van der Waals surface area (Å²) >= 11 is 3.40. The summed E-state index contributed by atoms with van der Waals surface area (Å²) in [6.07, 6.45) is 0.879. The van der Waals surface area contributed by atoms with Gasteiger partial charge in [-0.15, -0.1) is 0 Å². The van der Waals surface area contributed by atoms with Crippen LogP contribution in [-0.2, 0) is 6.42 Å². The molecular formula is C13H15BrN2O. The Morgan fingerprint density at radius 1 is 1.24 bits per heavy atom. The van der Waals surface area contributed by atoms with E-state index in [1.54, 1.807) is 0 Å². The van der Waals surface area contributed by atoms with Gasteiger partial charge in [-0.05, 0) is 43.7 Å². The van der Waals surface area contributed by atoms with Crippen molar-refractivity contribution in [3.63, 3.8) is 0 Å². The summed E-state index contributed by atoms with van der Waals surface area (Å²) < 4.78 is 6.74. The lowest BCUT2D eigenvalue weighted by atomic mass is 10.1. The molecule has 0 atom stereocenters. The summed E-state index contributed by atoms with van der Waals surface area (Å²) in [5, 5.41) is 7.15. The van der Waals surface area contributed by atoms with Gasteiger partial charge in [-0.25, -0.2) is 0 Å². The molecule has 0 unspecified atom stereocenters. The smallest absolute Gasteiger partial charge is 0.119 e. The summed E-state index contributed by atoms with van der Waals surface area (Å²) in [7, 11) is 0. The lowest BCUT2D eigenvalue weighted by molar-refractivity contribution is 0.321. The van der Waals surface area contributed by atoms with E-state index in [0.717, 1.165) is 28.0 Å². The van der Waals surface area contributed by atoms with E-state index in [0.29, 0.717) is 6.61 Å². The molecule has 0 fully saturated rings. The Morgan fingerprint density at radius 2 is 1.94 bits per heavy atom. The first-order chi connectivity index (χ1) is 8.16. The van der Waals surface area contributed by atoms with Gasteiger partial charge in [0.2, 0.25) is 0 Å². The van der Waals surface area contributed by atoms with Gasteiger partial charge < -0.3 is 4.74 Å². The van der Waals surface area contributed by atoms with Crippen molar-refractivity contribution in [2.75, 3.05) is 6.61 Å². The van der Waals surface area contributed by atoms with Crippen LogP contribution in [0.3, 0.4) is 0 Å². The van der Waals surface area contributed by atoms with E-state index in [4.69, 9.17) is 4.74 Å². The Morgan fingerprint density at radius 3 is 2.53 bits per heavy atom. The quantitative estimate of drug-likeness (QED) is 0.938. The minimum absolute atomic E-state index is 0.669. The van der Waals surface area contributed by atoms with Crippen molar-refractivity contribution in [2.24, 2.45) is 0 Å². The van der Waals surface area contributed by atoms with E-state index < -0.39 is 0 Å². The second-order valence-electron chi connectivity index (χ2n) is 3.96. The van der Waals surface area contributed by atoms with Gasteiger partial charge in [-0.1, -0.05) is 15.9 Å². The van der Waals surface area contributed by atoms with Gasteiger partial charge in [0.05, 0.1) is 12.3 Å². The average Bonchev–Trinajstić information content (AvgIpc) is 2.63. The van der Waals surface area contributed by atoms with Crippen molar-refractivity contribution in [1.29, 1.82) is 0 Å². The molecule has 2 aromatic rings. The minimum Gasteiger partial charge on any atom is -0.493 e. The summed E-state index contributed by atoms with van der Waals surface area (Å²) in [6.45, 7) is 4.72. The Balaban J connectivity index is 1.90. The first-order valence-electron chi connectivity index (χ1n) is 5.55.